The number of nitrogens with zero attached hydrogens (tertiary/aromatic N) is 2. The second-order valence-corrected chi connectivity index (χ2v) is 31.6. The monoisotopic (exact) mass is 1480 g/mol. The molecule has 0 unspecified atom stereocenters. The summed E-state index contributed by atoms with van der Waals surface area (Å²) in [7, 11) is 0. The van der Waals surface area contributed by atoms with Crippen LogP contribution in [0.4, 0.5) is 34.1 Å². The SMILES string of the molecule is CC1(C)c2ccccc2C2(c3ccccc3-c3c(-c4ccc(N(c5ccccc5)c5ccc(-c6ccccc6)cc5)cc4)cccc32)c2ccccc21.c1ccc(-c2ccc(N(c3ccccc3)c3ccc(-c4cccc5c4-c4ccccc4C54c5ccccc5C(c5ccccc5)(c5ccccc5)c5ccccc54)cc3)cc2)cc1. The Hall–Kier alpha value is -14.4. The fourth-order valence-corrected chi connectivity index (χ4v) is 20.5. The Morgan fingerprint density at radius 1 is 0.147 bits per heavy atom. The number of fused-ring (bicyclic) bond motifs is 18. The number of hydrogen-bond donors (Lipinski definition) is 0. The lowest BCUT2D eigenvalue weighted by Gasteiger charge is -2.50. The summed E-state index contributed by atoms with van der Waals surface area (Å²) in [6, 6.07) is 170. The minimum absolute atomic E-state index is 0.115. The molecule has 4 aliphatic rings. The Bertz CT molecular complexity index is 6540. The largest absolute Gasteiger partial charge is 0.311 e. The van der Waals surface area contributed by atoms with Gasteiger partial charge in [-0.25, -0.2) is 0 Å². The van der Waals surface area contributed by atoms with Gasteiger partial charge in [0.2, 0.25) is 0 Å². The zero-order valence-corrected chi connectivity index (χ0v) is 64.8. The van der Waals surface area contributed by atoms with Crippen LogP contribution in [0.3, 0.4) is 0 Å². The van der Waals surface area contributed by atoms with E-state index in [-0.39, 0.29) is 5.41 Å². The van der Waals surface area contributed by atoms with Crippen LogP contribution in [-0.4, -0.2) is 0 Å². The third kappa shape index (κ3) is 10.8. The van der Waals surface area contributed by atoms with Crippen molar-refractivity contribution in [2.24, 2.45) is 0 Å². The zero-order chi connectivity index (χ0) is 77.4. The molecule has 0 aliphatic heterocycles. The summed E-state index contributed by atoms with van der Waals surface area (Å²) in [5.74, 6) is 0. The third-order valence-electron chi connectivity index (χ3n) is 25.4. The first kappa shape index (κ1) is 69.5. The predicted octanol–water partition coefficient (Wildman–Crippen LogP) is 29.0. The van der Waals surface area contributed by atoms with E-state index in [1.54, 1.807) is 0 Å². The number of para-hydroxylation sites is 2. The van der Waals surface area contributed by atoms with E-state index in [0.29, 0.717) is 0 Å². The second-order valence-electron chi connectivity index (χ2n) is 31.6. The molecule has 0 radical (unpaired) electrons. The van der Waals surface area contributed by atoms with Crippen LogP contribution in [0.1, 0.15) is 91.7 Å². The molecule has 0 amide bonds. The maximum Gasteiger partial charge on any atom is 0.0720 e. The van der Waals surface area contributed by atoms with Crippen LogP contribution in [0.5, 0.6) is 0 Å². The molecule has 0 saturated heterocycles. The second kappa shape index (κ2) is 28.3. The van der Waals surface area contributed by atoms with E-state index in [1.165, 1.54) is 145 Å². The van der Waals surface area contributed by atoms with Crippen LogP contribution < -0.4 is 9.80 Å². The van der Waals surface area contributed by atoms with Gasteiger partial charge in [0.15, 0.2) is 0 Å². The molecule has 22 rings (SSSR count). The third-order valence-corrected chi connectivity index (χ3v) is 25.4. The average molecular weight is 1480 g/mol. The van der Waals surface area contributed by atoms with Gasteiger partial charge in [0, 0.05) is 39.5 Å². The van der Waals surface area contributed by atoms with Crippen LogP contribution in [0.2, 0.25) is 0 Å². The van der Waals surface area contributed by atoms with E-state index in [9.17, 15) is 0 Å². The van der Waals surface area contributed by atoms with Crippen molar-refractivity contribution in [3.05, 3.63) is 539 Å². The summed E-state index contributed by atoms with van der Waals surface area (Å²) in [6.07, 6.45) is 0. The molecule has 2 nitrogen and oxygen atoms in total. The summed E-state index contributed by atoms with van der Waals surface area (Å²) in [4.78, 5) is 4.69. The minimum atomic E-state index is -0.544. The van der Waals surface area contributed by atoms with Gasteiger partial charge >= 0.3 is 0 Å². The Balaban J connectivity index is 0.000000147. The normalized spacial score (nSPS) is 13.9. The van der Waals surface area contributed by atoms with Crippen molar-refractivity contribution in [3.8, 4) is 66.8 Å². The lowest BCUT2D eigenvalue weighted by atomic mass is 9.51. The fraction of sp³-hybridized carbons (Fsp3) is 0.0526. The Kier molecular flexibility index (Phi) is 17.0. The molecule has 116 heavy (non-hydrogen) atoms. The first-order valence-electron chi connectivity index (χ1n) is 40.5. The first-order valence-corrected chi connectivity index (χ1v) is 40.5. The van der Waals surface area contributed by atoms with Crippen molar-refractivity contribution >= 4 is 34.1 Å². The average Bonchev–Trinajstić information content (AvgIpc) is 1.42. The zero-order valence-electron chi connectivity index (χ0n) is 64.8. The van der Waals surface area contributed by atoms with Gasteiger partial charge in [-0.15, -0.1) is 0 Å². The van der Waals surface area contributed by atoms with E-state index >= 15 is 0 Å². The number of anilines is 6. The smallest absolute Gasteiger partial charge is 0.0720 e. The topological polar surface area (TPSA) is 6.48 Å². The minimum Gasteiger partial charge on any atom is -0.311 e. The van der Waals surface area contributed by atoms with Crippen molar-refractivity contribution < 1.29 is 0 Å². The summed E-state index contributed by atoms with van der Waals surface area (Å²) in [5.41, 5.74) is 38.9. The van der Waals surface area contributed by atoms with Gasteiger partial charge in [-0.3, -0.25) is 0 Å². The van der Waals surface area contributed by atoms with Gasteiger partial charge in [-0.2, -0.15) is 0 Å². The molecule has 2 spiro atoms. The molecule has 548 valence electrons. The molecular weight excluding hydrogens is 1400 g/mol. The van der Waals surface area contributed by atoms with Gasteiger partial charge < -0.3 is 9.80 Å². The molecule has 18 aromatic rings. The molecule has 0 N–H and O–H groups in total. The molecule has 0 bridgehead atoms. The van der Waals surface area contributed by atoms with E-state index in [0.717, 1.165) is 34.1 Å². The van der Waals surface area contributed by atoms with Crippen LogP contribution in [0.15, 0.2) is 461 Å². The van der Waals surface area contributed by atoms with Gasteiger partial charge in [0.05, 0.1) is 16.2 Å². The van der Waals surface area contributed by atoms with Crippen LogP contribution >= 0.6 is 0 Å². The van der Waals surface area contributed by atoms with Gasteiger partial charge in [0.25, 0.3) is 0 Å². The summed E-state index contributed by atoms with van der Waals surface area (Å²) in [5, 5.41) is 0. The maximum atomic E-state index is 2.41. The lowest BCUT2D eigenvalue weighted by Crippen LogP contribution is -2.44. The molecule has 2 heteroatoms. The van der Waals surface area contributed by atoms with Gasteiger partial charge in [-0.1, -0.05) is 402 Å². The van der Waals surface area contributed by atoms with Crippen LogP contribution in [0, 0.1) is 0 Å². The first-order chi connectivity index (χ1) is 57.3. The van der Waals surface area contributed by atoms with Crippen molar-refractivity contribution in [2.75, 3.05) is 9.80 Å². The highest BCUT2D eigenvalue weighted by Crippen LogP contribution is 2.67. The lowest BCUT2D eigenvalue weighted by molar-refractivity contribution is 0.563. The molecule has 0 atom stereocenters. The van der Waals surface area contributed by atoms with Gasteiger partial charge in [-0.05, 0) is 217 Å². The standard InChI is InChI=1S/C62H43N.C52H39N/c1-5-20-44(21-6-1)45-36-40-50(41-37-45)63(49-26-11-4-12-27-49)51-42-38-46(39-43-51)52-29-19-35-59-60(52)53-28-13-14-30-54(53)62(59)57-33-17-15-31-55(57)61(47-22-7-2-8-23-47,48-24-9-3-10-25-48)56-32-16-18-34-58(56)62;1-51(2)45-23-11-13-25-47(45)52(48-26-14-12-24-46(48)51)44-22-10-9-20-43(44)50-42(21-15-27-49(50)52)38-30-34-41(35-31-38)53(39-18-7-4-8-19-39)40-32-28-37(29-33-40)36-16-5-3-6-17-36/h1-43H;3-35H,1-2H3. The van der Waals surface area contributed by atoms with Crippen molar-refractivity contribution in [3.63, 3.8) is 0 Å². The number of benzene rings is 18. The highest BCUT2D eigenvalue weighted by atomic mass is 15.1. The number of rotatable bonds is 12. The van der Waals surface area contributed by atoms with E-state index in [4.69, 9.17) is 0 Å². The maximum absolute atomic E-state index is 2.41. The summed E-state index contributed by atoms with van der Waals surface area (Å²) in [6.45, 7) is 4.77. The van der Waals surface area contributed by atoms with Crippen LogP contribution in [0.25, 0.3) is 66.8 Å². The molecule has 0 fully saturated rings. The molecule has 4 aliphatic carbocycles. The summed E-state index contributed by atoms with van der Waals surface area (Å²) >= 11 is 0. The van der Waals surface area contributed by atoms with E-state index < -0.39 is 16.2 Å². The van der Waals surface area contributed by atoms with E-state index in [2.05, 4.69) is 485 Å². The van der Waals surface area contributed by atoms with Crippen molar-refractivity contribution in [1.29, 1.82) is 0 Å². The Morgan fingerprint density at radius 2 is 0.362 bits per heavy atom. The molecular formula is C114H82N2. The molecule has 0 saturated carbocycles. The summed E-state index contributed by atoms with van der Waals surface area (Å²) < 4.78 is 0. The van der Waals surface area contributed by atoms with Crippen molar-refractivity contribution in [2.45, 2.75) is 35.5 Å². The highest BCUT2D eigenvalue weighted by Gasteiger charge is 2.58. The fourth-order valence-electron chi connectivity index (χ4n) is 20.5. The Morgan fingerprint density at radius 3 is 0.690 bits per heavy atom. The number of hydrogen-bond acceptors (Lipinski definition) is 2. The molecule has 18 aromatic carbocycles. The van der Waals surface area contributed by atoms with E-state index in [1.807, 2.05) is 0 Å². The molecule has 0 heterocycles. The Labute approximate surface area is 680 Å². The predicted molar refractivity (Wildman–Crippen MR) is 483 cm³/mol. The molecule has 0 aromatic heterocycles. The highest BCUT2D eigenvalue weighted by molar-refractivity contribution is 5.99. The van der Waals surface area contributed by atoms with Gasteiger partial charge in [0.1, 0.15) is 0 Å². The van der Waals surface area contributed by atoms with Crippen molar-refractivity contribution in [1.82, 2.24) is 0 Å². The quantitative estimate of drug-likeness (QED) is 0.120. The van der Waals surface area contributed by atoms with Crippen LogP contribution in [-0.2, 0) is 21.7 Å².